The zero-order chi connectivity index (χ0) is 23.1. The summed E-state index contributed by atoms with van der Waals surface area (Å²) in [7, 11) is 0. The van der Waals surface area contributed by atoms with Crippen molar-refractivity contribution in [2.45, 2.75) is 6.54 Å². The van der Waals surface area contributed by atoms with Crippen LogP contribution in [-0.2, 0) is 11.3 Å². The van der Waals surface area contributed by atoms with Crippen molar-refractivity contribution in [1.29, 1.82) is 0 Å². The summed E-state index contributed by atoms with van der Waals surface area (Å²) < 4.78 is 3.31. The molecule has 164 valence electrons. The first-order valence-corrected chi connectivity index (χ1v) is 10.8. The van der Waals surface area contributed by atoms with Crippen LogP contribution in [0.25, 0.3) is 5.69 Å². The van der Waals surface area contributed by atoms with Gasteiger partial charge in [0.15, 0.2) is 0 Å². The summed E-state index contributed by atoms with van der Waals surface area (Å²) in [6.45, 7) is 0.392. The van der Waals surface area contributed by atoms with E-state index in [2.05, 4.69) is 5.32 Å². The highest BCUT2D eigenvalue weighted by molar-refractivity contribution is 6.36. The molecule has 0 atom stereocenters. The van der Waals surface area contributed by atoms with E-state index < -0.39 is 0 Å². The number of anilines is 1. The summed E-state index contributed by atoms with van der Waals surface area (Å²) in [5.74, 6) is 0. The first-order valence-electron chi connectivity index (χ1n) is 9.32. The molecule has 0 aliphatic rings. The number of aromatic nitrogens is 2. The molecule has 9 heteroatoms. The van der Waals surface area contributed by atoms with Gasteiger partial charge in [-0.2, -0.15) is 0 Å². The topological polar surface area (TPSA) is 56.0 Å². The molecule has 0 aliphatic heterocycles. The Bertz CT molecular complexity index is 1230. The monoisotopic (exact) mass is 507 g/mol. The fourth-order valence-corrected chi connectivity index (χ4v) is 3.62. The third-order valence-corrected chi connectivity index (χ3v) is 5.59. The highest BCUT2D eigenvalue weighted by Crippen LogP contribution is 2.25. The molecule has 1 heterocycles. The molecular weight excluding hydrogens is 492 g/mol. The van der Waals surface area contributed by atoms with Gasteiger partial charge in [-0.25, -0.2) is 4.68 Å². The van der Waals surface area contributed by atoms with Gasteiger partial charge in [-0.05, 0) is 60.7 Å². The second-order valence-corrected chi connectivity index (χ2v) is 8.20. The number of rotatable bonds is 5. The van der Waals surface area contributed by atoms with Gasteiger partial charge >= 0.3 is 0 Å². The van der Waals surface area contributed by atoms with E-state index in [-0.39, 0.29) is 5.56 Å². The van der Waals surface area contributed by atoms with Crippen LogP contribution in [0.15, 0.2) is 83.8 Å². The van der Waals surface area contributed by atoms with E-state index in [1.54, 1.807) is 82.3 Å². The van der Waals surface area contributed by atoms with Gasteiger partial charge in [0.2, 0.25) is 6.41 Å². The van der Waals surface area contributed by atoms with Crippen LogP contribution >= 0.6 is 46.4 Å². The number of halogens is 4. The quantitative estimate of drug-likeness (QED) is 0.310. The van der Waals surface area contributed by atoms with Crippen LogP contribution in [0.3, 0.4) is 0 Å². The summed E-state index contributed by atoms with van der Waals surface area (Å²) in [4.78, 5) is 22.0. The molecule has 0 fully saturated rings. The molecule has 5 nitrogen and oxygen atoms in total. The van der Waals surface area contributed by atoms with Gasteiger partial charge in [-0.3, -0.25) is 14.3 Å². The molecule has 0 radical (unpaired) electrons. The number of carbonyl (C=O) groups excluding carboxylic acids is 1. The lowest BCUT2D eigenvalue weighted by atomic mass is 10.2. The van der Waals surface area contributed by atoms with E-state index in [0.717, 1.165) is 16.9 Å². The summed E-state index contributed by atoms with van der Waals surface area (Å²) in [6, 6.07) is 20.8. The SMILES string of the molecule is O=CNc1ccc(Cl)cc1.O=c1ccn(Cc2c(Cl)cccc2Cl)n1-c1ccc(Cl)cc1. The third kappa shape index (κ3) is 6.17. The minimum Gasteiger partial charge on any atom is -0.329 e. The first-order chi connectivity index (χ1) is 15.4. The minimum absolute atomic E-state index is 0.134. The highest BCUT2D eigenvalue weighted by atomic mass is 35.5. The Labute approximate surface area is 204 Å². The molecule has 0 spiro atoms. The van der Waals surface area contributed by atoms with Gasteiger partial charge in [0, 0.05) is 43.6 Å². The Kier molecular flexibility index (Phi) is 8.42. The molecule has 0 saturated heterocycles. The van der Waals surface area contributed by atoms with Crippen LogP contribution in [0.1, 0.15) is 5.56 Å². The maximum atomic E-state index is 12.1. The molecule has 0 bridgehead atoms. The fourth-order valence-electron chi connectivity index (χ4n) is 2.85. The predicted molar refractivity (Wildman–Crippen MR) is 132 cm³/mol. The van der Waals surface area contributed by atoms with Crippen molar-refractivity contribution in [2.75, 3.05) is 5.32 Å². The minimum atomic E-state index is -0.134. The Morgan fingerprint density at radius 2 is 1.34 bits per heavy atom. The van der Waals surface area contributed by atoms with Crippen molar-refractivity contribution in [3.8, 4) is 5.69 Å². The number of benzene rings is 3. The van der Waals surface area contributed by atoms with Gasteiger partial charge in [0.05, 0.1) is 12.2 Å². The molecule has 1 amide bonds. The van der Waals surface area contributed by atoms with Crippen LogP contribution < -0.4 is 10.9 Å². The number of carbonyl (C=O) groups is 1. The largest absolute Gasteiger partial charge is 0.329 e. The molecular formula is C23H17Cl4N3O2. The van der Waals surface area contributed by atoms with Crippen molar-refractivity contribution in [2.24, 2.45) is 0 Å². The lowest BCUT2D eigenvalue weighted by Crippen LogP contribution is -2.21. The summed E-state index contributed by atoms with van der Waals surface area (Å²) in [5.41, 5.74) is 2.11. The highest BCUT2D eigenvalue weighted by Gasteiger charge is 2.11. The Hall–Kier alpha value is -2.70. The maximum Gasteiger partial charge on any atom is 0.271 e. The van der Waals surface area contributed by atoms with Crippen molar-refractivity contribution in [3.63, 3.8) is 0 Å². The molecule has 1 aromatic heterocycles. The standard InChI is InChI=1S/C16H11Cl3N2O.C7H6ClNO/c17-11-4-6-12(7-5-11)21-16(22)8-9-20(21)10-13-14(18)2-1-3-15(13)19;8-6-1-3-7(4-2-6)9-5-10/h1-9H,10H2;1-5H,(H,9,10). The van der Waals surface area contributed by atoms with E-state index in [1.807, 2.05) is 0 Å². The normalized spacial score (nSPS) is 10.2. The fraction of sp³-hybridized carbons (Fsp3) is 0.0435. The van der Waals surface area contributed by atoms with Gasteiger partial charge in [0.25, 0.3) is 5.56 Å². The average molecular weight is 509 g/mol. The molecule has 1 N–H and O–H groups in total. The summed E-state index contributed by atoms with van der Waals surface area (Å²) in [6.07, 6.45) is 2.33. The Balaban J connectivity index is 0.000000243. The van der Waals surface area contributed by atoms with Gasteiger partial charge < -0.3 is 5.32 Å². The first kappa shape index (κ1) is 24.0. The van der Waals surface area contributed by atoms with E-state index in [4.69, 9.17) is 46.4 Å². The van der Waals surface area contributed by atoms with Crippen molar-refractivity contribution >= 4 is 58.5 Å². The van der Waals surface area contributed by atoms with Crippen molar-refractivity contribution < 1.29 is 4.79 Å². The molecule has 0 unspecified atom stereocenters. The summed E-state index contributed by atoms with van der Waals surface area (Å²) >= 11 is 23.9. The van der Waals surface area contributed by atoms with Crippen LogP contribution in [-0.4, -0.2) is 15.8 Å². The van der Waals surface area contributed by atoms with Crippen LogP contribution in [0.2, 0.25) is 20.1 Å². The van der Waals surface area contributed by atoms with Crippen LogP contribution in [0.4, 0.5) is 5.69 Å². The number of nitrogens with one attached hydrogen (secondary N) is 1. The smallest absolute Gasteiger partial charge is 0.271 e. The summed E-state index contributed by atoms with van der Waals surface area (Å²) in [5, 5.41) is 4.91. The second kappa shape index (κ2) is 11.2. The molecule has 3 aromatic carbocycles. The van der Waals surface area contributed by atoms with E-state index in [1.165, 1.54) is 6.07 Å². The van der Waals surface area contributed by atoms with Gasteiger partial charge in [-0.15, -0.1) is 0 Å². The molecule has 0 aliphatic carbocycles. The number of hydrogen-bond acceptors (Lipinski definition) is 2. The van der Waals surface area contributed by atoms with Gasteiger partial charge in [-0.1, -0.05) is 52.5 Å². The molecule has 32 heavy (non-hydrogen) atoms. The number of amides is 1. The Morgan fingerprint density at radius 1 is 0.781 bits per heavy atom. The van der Waals surface area contributed by atoms with Crippen molar-refractivity contribution in [3.05, 3.63) is 115 Å². The zero-order valence-electron chi connectivity index (χ0n) is 16.5. The van der Waals surface area contributed by atoms with Crippen molar-refractivity contribution in [1.82, 2.24) is 9.36 Å². The maximum absolute atomic E-state index is 12.1. The van der Waals surface area contributed by atoms with E-state index in [9.17, 15) is 9.59 Å². The lowest BCUT2D eigenvalue weighted by Gasteiger charge is -2.14. The van der Waals surface area contributed by atoms with E-state index >= 15 is 0 Å². The predicted octanol–water partition coefficient (Wildman–Crippen LogP) is 6.56. The molecule has 0 saturated carbocycles. The molecule has 4 rings (SSSR count). The third-order valence-electron chi connectivity index (χ3n) is 4.38. The van der Waals surface area contributed by atoms with Crippen LogP contribution in [0.5, 0.6) is 0 Å². The lowest BCUT2D eigenvalue weighted by molar-refractivity contribution is -0.105. The Morgan fingerprint density at radius 3 is 1.91 bits per heavy atom. The second-order valence-electron chi connectivity index (χ2n) is 6.51. The van der Waals surface area contributed by atoms with Gasteiger partial charge in [0.1, 0.15) is 0 Å². The van der Waals surface area contributed by atoms with Crippen LogP contribution in [0, 0.1) is 0 Å². The van der Waals surface area contributed by atoms with E-state index in [0.29, 0.717) is 33.0 Å². The zero-order valence-corrected chi connectivity index (χ0v) is 19.5. The molecule has 4 aromatic rings. The number of nitrogens with zero attached hydrogens (tertiary/aromatic N) is 2. The average Bonchev–Trinajstić information content (AvgIpc) is 3.14. The number of hydrogen-bond donors (Lipinski definition) is 1.